The highest BCUT2D eigenvalue weighted by molar-refractivity contribution is 6.29. The Labute approximate surface area is 222 Å². The molecule has 1 aromatic carbocycles. The minimum atomic E-state index is -0.147. The minimum absolute atomic E-state index is 0.0654. The summed E-state index contributed by atoms with van der Waals surface area (Å²) in [5, 5.41) is 5.08. The zero-order valence-electron chi connectivity index (χ0n) is 21.8. The molecule has 3 aromatic rings. The molecule has 196 valence electrons. The highest BCUT2D eigenvalue weighted by Gasteiger charge is 2.57. The standard InChI is InChI=1S/C28H34ClN5O3/c1-5-37-27(35)11-20-21-15-32(16-22(20)21)28(36)23-12-25-30-24(29)13-26(34(25)31-23)33(14-17(2)3)18(4)19-9-7-6-8-10-19/h6-10,12-13,17-18,20-22H,5,11,14-16H2,1-4H3/t18-,20-,21?,22-/m0/s1. The van der Waals surface area contributed by atoms with Crippen LogP contribution in [0.15, 0.2) is 42.5 Å². The van der Waals surface area contributed by atoms with Crippen LogP contribution in [-0.4, -0.2) is 57.6 Å². The molecule has 2 fully saturated rings. The third-order valence-corrected chi connectivity index (χ3v) is 7.76. The maximum atomic E-state index is 13.4. The van der Waals surface area contributed by atoms with Crippen LogP contribution in [0.5, 0.6) is 0 Å². The molecular formula is C28H34ClN5O3. The molecule has 2 aliphatic rings. The molecule has 9 heteroatoms. The van der Waals surface area contributed by atoms with Crippen molar-refractivity contribution in [3.8, 4) is 0 Å². The topological polar surface area (TPSA) is 80.0 Å². The number of rotatable bonds is 9. The van der Waals surface area contributed by atoms with Gasteiger partial charge in [-0.1, -0.05) is 55.8 Å². The number of carbonyl (C=O) groups excluding carboxylic acids is 2. The molecule has 4 atom stereocenters. The molecule has 1 aliphatic carbocycles. The number of nitrogens with zero attached hydrogens (tertiary/aromatic N) is 5. The molecule has 1 saturated heterocycles. The fraction of sp³-hybridized carbons (Fsp3) is 0.500. The van der Waals surface area contributed by atoms with E-state index in [2.05, 4.69) is 42.8 Å². The summed E-state index contributed by atoms with van der Waals surface area (Å²) in [6.07, 6.45) is 0.441. The number of halogens is 1. The zero-order chi connectivity index (χ0) is 26.3. The number of aromatic nitrogens is 3. The van der Waals surface area contributed by atoms with Gasteiger partial charge in [0.25, 0.3) is 5.91 Å². The molecule has 2 aromatic heterocycles. The van der Waals surface area contributed by atoms with E-state index < -0.39 is 0 Å². The van der Waals surface area contributed by atoms with Gasteiger partial charge in [-0.3, -0.25) is 9.59 Å². The third-order valence-electron chi connectivity index (χ3n) is 7.57. The highest BCUT2D eigenvalue weighted by atomic mass is 35.5. The van der Waals surface area contributed by atoms with Crippen molar-refractivity contribution in [2.45, 2.75) is 40.2 Å². The average Bonchev–Trinajstić information content (AvgIpc) is 3.20. The molecule has 0 bridgehead atoms. The molecule has 0 radical (unpaired) electrons. The molecule has 0 spiro atoms. The van der Waals surface area contributed by atoms with Crippen molar-refractivity contribution in [2.75, 3.05) is 31.1 Å². The van der Waals surface area contributed by atoms with Crippen LogP contribution in [0.4, 0.5) is 5.82 Å². The number of ether oxygens (including phenoxy) is 1. The van der Waals surface area contributed by atoms with Gasteiger partial charge in [0.2, 0.25) is 0 Å². The average molecular weight is 524 g/mol. The van der Waals surface area contributed by atoms with Gasteiger partial charge in [-0.15, -0.1) is 0 Å². The highest BCUT2D eigenvalue weighted by Crippen LogP contribution is 2.53. The summed E-state index contributed by atoms with van der Waals surface area (Å²) in [4.78, 5) is 33.8. The van der Waals surface area contributed by atoms with Crippen molar-refractivity contribution in [2.24, 2.45) is 23.7 Å². The van der Waals surface area contributed by atoms with Crippen molar-refractivity contribution in [3.05, 3.63) is 58.9 Å². The number of esters is 1. The van der Waals surface area contributed by atoms with E-state index in [4.69, 9.17) is 21.4 Å². The fourth-order valence-corrected chi connectivity index (χ4v) is 5.87. The van der Waals surface area contributed by atoms with Gasteiger partial charge < -0.3 is 14.5 Å². The number of piperidine rings is 1. The Morgan fingerprint density at radius 3 is 2.49 bits per heavy atom. The lowest BCUT2D eigenvalue weighted by Crippen LogP contribution is -2.33. The summed E-state index contributed by atoms with van der Waals surface area (Å²) < 4.78 is 6.83. The number of amides is 1. The Hall–Kier alpha value is -3.13. The van der Waals surface area contributed by atoms with Gasteiger partial charge in [0.15, 0.2) is 11.3 Å². The van der Waals surface area contributed by atoms with E-state index in [1.54, 1.807) is 10.6 Å². The molecule has 1 amide bonds. The van der Waals surface area contributed by atoms with Crippen LogP contribution in [0.25, 0.3) is 5.65 Å². The van der Waals surface area contributed by atoms with Gasteiger partial charge in [0, 0.05) is 38.2 Å². The van der Waals surface area contributed by atoms with Crippen LogP contribution in [0.1, 0.15) is 56.2 Å². The maximum absolute atomic E-state index is 13.4. The molecule has 1 unspecified atom stereocenters. The number of benzene rings is 1. The molecule has 8 nitrogen and oxygen atoms in total. The minimum Gasteiger partial charge on any atom is -0.466 e. The van der Waals surface area contributed by atoms with Crippen molar-refractivity contribution in [1.82, 2.24) is 19.5 Å². The van der Waals surface area contributed by atoms with E-state index in [-0.39, 0.29) is 17.9 Å². The Morgan fingerprint density at radius 2 is 1.84 bits per heavy atom. The smallest absolute Gasteiger partial charge is 0.306 e. The Morgan fingerprint density at radius 1 is 1.14 bits per heavy atom. The van der Waals surface area contributed by atoms with Gasteiger partial charge in [0.1, 0.15) is 11.0 Å². The third kappa shape index (κ3) is 5.17. The lowest BCUT2D eigenvalue weighted by molar-refractivity contribution is -0.143. The first-order chi connectivity index (χ1) is 17.8. The molecular weight excluding hydrogens is 490 g/mol. The van der Waals surface area contributed by atoms with Gasteiger partial charge in [-0.25, -0.2) is 4.98 Å². The van der Waals surface area contributed by atoms with Crippen LogP contribution in [0, 0.1) is 23.7 Å². The maximum Gasteiger partial charge on any atom is 0.306 e. The van der Waals surface area contributed by atoms with Crippen molar-refractivity contribution >= 4 is 34.9 Å². The Kier molecular flexibility index (Phi) is 7.12. The Bertz CT molecular complexity index is 1280. The predicted octanol–water partition coefficient (Wildman–Crippen LogP) is 4.88. The second-order valence-corrected chi connectivity index (χ2v) is 11.0. The largest absolute Gasteiger partial charge is 0.466 e. The van der Waals surface area contributed by atoms with E-state index in [1.165, 1.54) is 5.56 Å². The second-order valence-electron chi connectivity index (χ2n) is 10.6. The summed E-state index contributed by atoms with van der Waals surface area (Å²) in [6, 6.07) is 13.9. The molecule has 1 aliphatic heterocycles. The van der Waals surface area contributed by atoms with E-state index >= 15 is 0 Å². The van der Waals surface area contributed by atoms with E-state index in [9.17, 15) is 9.59 Å². The quantitative estimate of drug-likeness (QED) is 0.294. The lowest BCUT2D eigenvalue weighted by Gasteiger charge is -2.33. The zero-order valence-corrected chi connectivity index (χ0v) is 22.6. The van der Waals surface area contributed by atoms with Gasteiger partial charge >= 0.3 is 5.97 Å². The van der Waals surface area contributed by atoms with Crippen LogP contribution < -0.4 is 4.90 Å². The SMILES string of the molecule is CCOC(=O)C[C@H]1C2CN(C(=O)c3cc4nc(Cl)cc(N(CC(C)C)[C@@H](C)c5ccccc5)n4n3)C[C@H]21. The normalized spacial score (nSPS) is 21.2. The van der Waals surface area contributed by atoms with E-state index in [1.807, 2.05) is 36.1 Å². The number of hydrogen-bond acceptors (Lipinski definition) is 6. The molecule has 1 saturated carbocycles. The first-order valence-electron chi connectivity index (χ1n) is 13.1. The van der Waals surface area contributed by atoms with E-state index in [0.29, 0.717) is 66.3 Å². The van der Waals surface area contributed by atoms with E-state index in [0.717, 1.165) is 12.4 Å². The van der Waals surface area contributed by atoms with Crippen LogP contribution >= 0.6 is 11.6 Å². The number of likely N-dealkylation sites (tertiary alicyclic amines) is 1. The number of fused-ring (bicyclic) bond motifs is 2. The van der Waals surface area contributed by atoms with Gasteiger partial charge in [-0.05, 0) is 43.1 Å². The number of anilines is 1. The molecule has 3 heterocycles. The first kappa shape index (κ1) is 25.5. The predicted molar refractivity (Wildman–Crippen MR) is 143 cm³/mol. The summed E-state index contributed by atoms with van der Waals surface area (Å²) in [7, 11) is 0. The van der Waals surface area contributed by atoms with Gasteiger partial charge in [-0.2, -0.15) is 9.61 Å². The second kappa shape index (κ2) is 10.3. The monoisotopic (exact) mass is 523 g/mol. The van der Waals surface area contributed by atoms with Crippen LogP contribution in [0.2, 0.25) is 5.15 Å². The summed E-state index contributed by atoms with van der Waals surface area (Å²) in [6.45, 7) is 10.8. The fourth-order valence-electron chi connectivity index (χ4n) is 5.69. The first-order valence-corrected chi connectivity index (χ1v) is 13.5. The number of carbonyl (C=O) groups is 2. The number of hydrogen-bond donors (Lipinski definition) is 0. The molecule has 37 heavy (non-hydrogen) atoms. The van der Waals surface area contributed by atoms with Gasteiger partial charge in [0.05, 0.1) is 12.6 Å². The Balaban J connectivity index is 1.39. The van der Waals surface area contributed by atoms with Crippen LogP contribution in [0.3, 0.4) is 0 Å². The van der Waals surface area contributed by atoms with Crippen molar-refractivity contribution < 1.29 is 14.3 Å². The molecule has 5 rings (SSSR count). The van der Waals surface area contributed by atoms with Crippen LogP contribution in [-0.2, 0) is 9.53 Å². The lowest BCUT2D eigenvalue weighted by atomic mass is 10.1. The van der Waals surface area contributed by atoms with Crippen molar-refractivity contribution in [1.29, 1.82) is 0 Å². The summed E-state index contributed by atoms with van der Waals surface area (Å²) >= 11 is 6.46. The molecule has 0 N–H and O–H groups in total. The van der Waals surface area contributed by atoms with Crippen molar-refractivity contribution in [3.63, 3.8) is 0 Å². The summed E-state index contributed by atoms with van der Waals surface area (Å²) in [5.41, 5.74) is 2.09. The summed E-state index contributed by atoms with van der Waals surface area (Å²) in [5.74, 6) is 1.98.